The molecular formula is C22H19ClN2O2. The molecule has 4 nitrogen and oxygen atoms in total. The molecule has 2 heterocycles. The van der Waals surface area contributed by atoms with Gasteiger partial charge in [0.15, 0.2) is 5.78 Å². The number of aromatic nitrogens is 1. The van der Waals surface area contributed by atoms with Gasteiger partial charge in [-0.1, -0.05) is 42.8 Å². The number of ketones is 1. The Morgan fingerprint density at radius 2 is 2.04 bits per heavy atom. The van der Waals surface area contributed by atoms with E-state index in [1.165, 1.54) is 0 Å². The fourth-order valence-corrected chi connectivity index (χ4v) is 4.85. The van der Waals surface area contributed by atoms with Crippen LogP contribution in [0.15, 0.2) is 48.5 Å². The van der Waals surface area contributed by atoms with Crippen molar-refractivity contribution in [2.45, 2.75) is 25.8 Å². The molecule has 1 aliphatic carbocycles. The largest absolute Gasteiger partial charge is 0.351 e. The molecule has 5 heteroatoms. The van der Waals surface area contributed by atoms with Gasteiger partial charge in [0.1, 0.15) is 5.69 Å². The second-order valence-electron chi connectivity index (χ2n) is 7.79. The maximum Gasteiger partial charge on any atom is 0.270 e. The van der Waals surface area contributed by atoms with Crippen LogP contribution < -0.4 is 0 Å². The van der Waals surface area contributed by atoms with E-state index < -0.39 is 5.41 Å². The zero-order valence-electron chi connectivity index (χ0n) is 15.0. The summed E-state index contributed by atoms with van der Waals surface area (Å²) in [4.78, 5) is 31.5. The third-order valence-electron chi connectivity index (χ3n) is 6.25. The Balaban J connectivity index is 1.52. The number of amides is 1. The highest BCUT2D eigenvalue weighted by Crippen LogP contribution is 2.45. The maximum atomic E-state index is 13.3. The molecular weight excluding hydrogens is 360 g/mol. The van der Waals surface area contributed by atoms with Gasteiger partial charge in [0.25, 0.3) is 5.91 Å². The number of nitrogens with one attached hydrogen (secondary N) is 1. The summed E-state index contributed by atoms with van der Waals surface area (Å²) in [7, 11) is 0. The molecule has 1 fully saturated rings. The molecule has 136 valence electrons. The molecule has 1 N–H and O–H groups in total. The highest BCUT2D eigenvalue weighted by atomic mass is 35.5. The van der Waals surface area contributed by atoms with E-state index in [-0.39, 0.29) is 17.7 Å². The van der Waals surface area contributed by atoms with Crippen LogP contribution in [0.5, 0.6) is 0 Å². The van der Waals surface area contributed by atoms with Crippen molar-refractivity contribution >= 4 is 34.2 Å². The van der Waals surface area contributed by atoms with Crippen molar-refractivity contribution in [1.29, 1.82) is 0 Å². The van der Waals surface area contributed by atoms with Gasteiger partial charge in [0.2, 0.25) is 0 Å². The topological polar surface area (TPSA) is 53.2 Å². The lowest BCUT2D eigenvalue weighted by molar-refractivity contribution is 0.0598. The van der Waals surface area contributed by atoms with Crippen LogP contribution in [0, 0.1) is 5.41 Å². The van der Waals surface area contributed by atoms with Crippen LogP contribution in [0.4, 0.5) is 0 Å². The first kappa shape index (κ1) is 16.6. The molecule has 0 saturated carbocycles. The summed E-state index contributed by atoms with van der Waals surface area (Å²) < 4.78 is 0. The summed E-state index contributed by atoms with van der Waals surface area (Å²) in [5.41, 5.74) is 2.76. The standard InChI is InChI=1S/C22H19ClN2O2/c1-22-8-9-25(19(22)12-13-4-2-3-5-16(13)20(22)26)21(27)18-11-14-10-15(23)6-7-17(14)24-18/h2-7,10-11,19,24H,8-9,12H2,1H3. The van der Waals surface area contributed by atoms with Crippen molar-refractivity contribution in [1.82, 2.24) is 9.88 Å². The van der Waals surface area contributed by atoms with Gasteiger partial charge in [-0.05, 0) is 42.7 Å². The Kier molecular flexibility index (Phi) is 3.50. The van der Waals surface area contributed by atoms with Crippen LogP contribution in [0.3, 0.4) is 0 Å². The Bertz CT molecular complexity index is 1100. The van der Waals surface area contributed by atoms with Crippen LogP contribution >= 0.6 is 11.6 Å². The van der Waals surface area contributed by atoms with E-state index in [0.29, 0.717) is 23.7 Å². The number of aromatic amines is 1. The maximum absolute atomic E-state index is 13.3. The zero-order chi connectivity index (χ0) is 18.8. The molecule has 0 bridgehead atoms. The van der Waals surface area contributed by atoms with Crippen LogP contribution in [-0.2, 0) is 6.42 Å². The first-order valence-corrected chi connectivity index (χ1v) is 9.57. The Hall–Kier alpha value is -2.59. The van der Waals surface area contributed by atoms with E-state index in [9.17, 15) is 9.59 Å². The number of fused-ring (bicyclic) bond motifs is 3. The number of carbonyl (C=O) groups is 2. The average Bonchev–Trinajstić information content (AvgIpc) is 3.23. The van der Waals surface area contributed by atoms with Crippen molar-refractivity contribution in [2.24, 2.45) is 5.41 Å². The van der Waals surface area contributed by atoms with Crippen molar-refractivity contribution in [3.8, 4) is 0 Å². The number of Topliss-reactive ketones (excluding diaryl/α,β-unsaturated/α-hetero) is 1. The second kappa shape index (κ2) is 5.70. The SMILES string of the molecule is CC12CCN(C(=O)c3cc4cc(Cl)ccc4[nH]3)C1Cc1ccccc1C2=O. The molecule has 2 aromatic carbocycles. The predicted octanol–water partition coefficient (Wildman–Crippen LogP) is 4.48. The Labute approximate surface area is 162 Å². The van der Waals surface area contributed by atoms with Gasteiger partial charge < -0.3 is 9.88 Å². The van der Waals surface area contributed by atoms with Gasteiger partial charge in [-0.15, -0.1) is 0 Å². The lowest BCUT2D eigenvalue weighted by Crippen LogP contribution is -2.49. The fourth-order valence-electron chi connectivity index (χ4n) is 4.67. The van der Waals surface area contributed by atoms with Crippen LogP contribution in [0.1, 0.15) is 39.8 Å². The average molecular weight is 379 g/mol. The number of benzene rings is 2. The third-order valence-corrected chi connectivity index (χ3v) is 6.49. The van der Waals surface area contributed by atoms with E-state index >= 15 is 0 Å². The number of carbonyl (C=O) groups excluding carboxylic acids is 2. The van der Waals surface area contributed by atoms with Crippen LogP contribution in [-0.4, -0.2) is 34.2 Å². The Morgan fingerprint density at radius 1 is 1.22 bits per heavy atom. The van der Waals surface area contributed by atoms with E-state index in [1.807, 2.05) is 54.3 Å². The van der Waals surface area contributed by atoms with Crippen molar-refractivity contribution < 1.29 is 9.59 Å². The first-order chi connectivity index (χ1) is 13.0. The summed E-state index contributed by atoms with van der Waals surface area (Å²) in [6, 6.07) is 15.0. The molecule has 5 rings (SSSR count). The minimum absolute atomic E-state index is 0.0526. The van der Waals surface area contributed by atoms with Gasteiger partial charge in [-0.3, -0.25) is 9.59 Å². The lowest BCUT2D eigenvalue weighted by Gasteiger charge is -2.38. The molecule has 1 amide bonds. The molecule has 1 aliphatic heterocycles. The molecule has 2 unspecified atom stereocenters. The van der Waals surface area contributed by atoms with Gasteiger partial charge in [-0.2, -0.15) is 0 Å². The molecule has 2 atom stereocenters. The summed E-state index contributed by atoms with van der Waals surface area (Å²) in [5, 5.41) is 1.56. The van der Waals surface area contributed by atoms with Gasteiger partial charge >= 0.3 is 0 Å². The van der Waals surface area contributed by atoms with Crippen LogP contribution in [0.25, 0.3) is 10.9 Å². The summed E-state index contributed by atoms with van der Waals surface area (Å²) in [5.74, 6) is 0.108. The molecule has 2 aliphatic rings. The van der Waals surface area contributed by atoms with Crippen molar-refractivity contribution in [2.75, 3.05) is 6.54 Å². The quantitative estimate of drug-likeness (QED) is 0.678. The van der Waals surface area contributed by atoms with E-state index in [4.69, 9.17) is 11.6 Å². The monoisotopic (exact) mass is 378 g/mol. The molecule has 27 heavy (non-hydrogen) atoms. The first-order valence-electron chi connectivity index (χ1n) is 9.19. The summed E-state index contributed by atoms with van der Waals surface area (Å²) in [6.45, 7) is 2.60. The van der Waals surface area contributed by atoms with Crippen molar-refractivity contribution in [3.05, 3.63) is 70.4 Å². The number of rotatable bonds is 1. The smallest absolute Gasteiger partial charge is 0.270 e. The normalized spacial score (nSPS) is 24.1. The third kappa shape index (κ3) is 2.36. The van der Waals surface area contributed by atoms with Gasteiger partial charge in [-0.25, -0.2) is 0 Å². The van der Waals surface area contributed by atoms with E-state index in [0.717, 1.165) is 28.5 Å². The lowest BCUT2D eigenvalue weighted by atomic mass is 9.68. The van der Waals surface area contributed by atoms with E-state index in [2.05, 4.69) is 4.98 Å². The molecule has 0 spiro atoms. The highest BCUT2D eigenvalue weighted by molar-refractivity contribution is 6.31. The second-order valence-corrected chi connectivity index (χ2v) is 8.22. The molecule has 1 aromatic heterocycles. The predicted molar refractivity (Wildman–Crippen MR) is 105 cm³/mol. The number of hydrogen-bond donors (Lipinski definition) is 1. The van der Waals surface area contributed by atoms with Gasteiger partial charge in [0, 0.05) is 34.1 Å². The molecule has 1 saturated heterocycles. The molecule has 3 aromatic rings. The minimum Gasteiger partial charge on any atom is -0.351 e. The highest BCUT2D eigenvalue weighted by Gasteiger charge is 2.53. The number of nitrogens with zero attached hydrogens (tertiary/aromatic N) is 1. The molecule has 0 radical (unpaired) electrons. The minimum atomic E-state index is -0.515. The zero-order valence-corrected chi connectivity index (χ0v) is 15.7. The Morgan fingerprint density at radius 3 is 2.89 bits per heavy atom. The fraction of sp³-hybridized carbons (Fsp3) is 0.273. The number of likely N-dealkylation sites (tertiary alicyclic amines) is 1. The summed E-state index contributed by atoms with van der Waals surface area (Å²) in [6.07, 6.45) is 1.42. The number of hydrogen-bond acceptors (Lipinski definition) is 2. The van der Waals surface area contributed by atoms with Gasteiger partial charge in [0.05, 0.1) is 5.41 Å². The number of halogens is 1. The summed E-state index contributed by atoms with van der Waals surface area (Å²) >= 11 is 6.06. The van der Waals surface area contributed by atoms with Crippen molar-refractivity contribution in [3.63, 3.8) is 0 Å². The number of H-pyrrole nitrogens is 1. The van der Waals surface area contributed by atoms with E-state index in [1.54, 1.807) is 6.07 Å². The van der Waals surface area contributed by atoms with Crippen LogP contribution in [0.2, 0.25) is 5.02 Å².